The van der Waals surface area contributed by atoms with Gasteiger partial charge in [-0.05, 0) is 49.5 Å². The molecule has 3 N–H and O–H groups in total. The molecule has 1 amide bonds. The van der Waals surface area contributed by atoms with Gasteiger partial charge in [0.2, 0.25) is 5.91 Å². The van der Waals surface area contributed by atoms with Crippen LogP contribution < -0.4 is 20.7 Å². The van der Waals surface area contributed by atoms with Gasteiger partial charge < -0.3 is 20.7 Å². The van der Waals surface area contributed by atoms with Crippen LogP contribution in [0.5, 0.6) is 5.75 Å². The van der Waals surface area contributed by atoms with E-state index in [2.05, 4.69) is 32.4 Å². The Morgan fingerprint density at radius 2 is 1.95 bits per heavy atom. The number of piperidine rings is 1. The van der Waals surface area contributed by atoms with E-state index in [1.165, 1.54) is 0 Å². The molecule has 9 nitrogen and oxygen atoms in total. The summed E-state index contributed by atoms with van der Waals surface area (Å²) in [4.78, 5) is 28.6. The van der Waals surface area contributed by atoms with Crippen molar-refractivity contribution in [3.05, 3.63) is 66.4 Å². The molecule has 0 aliphatic carbocycles. The molecule has 204 valence electrons. The lowest BCUT2D eigenvalue weighted by molar-refractivity contribution is -0.122. The molecular weight excluding hydrogens is 492 g/mol. The van der Waals surface area contributed by atoms with Gasteiger partial charge in [0.15, 0.2) is 6.29 Å². The normalized spacial score (nSPS) is 13.5. The molecule has 39 heavy (non-hydrogen) atoms. The third-order valence-electron chi connectivity index (χ3n) is 6.67. The molecule has 1 aromatic heterocycles. The standard InChI is InChI=1S/C21H17N3O2.C9H19N3O/c1-14(11-22)12-23-21-18-10-16(19-5-3-4-17(13-25)24-19)7-6-15(18)8-9-20(21)26-2;1-10-8-3-5-12(6-4-8)7-9(13)11-2/h3-10,13,23H,1,12H2,2H3;8,10H,3-7H2,1-2H3,(H,11,13). The average Bonchev–Trinajstić information content (AvgIpc) is 2.99. The molecule has 0 atom stereocenters. The number of methoxy groups -OCH3 is 1. The van der Waals surface area contributed by atoms with Crippen molar-refractivity contribution in [2.45, 2.75) is 18.9 Å². The number of amides is 1. The number of hydrogen-bond acceptors (Lipinski definition) is 8. The molecule has 0 unspecified atom stereocenters. The van der Waals surface area contributed by atoms with Crippen molar-refractivity contribution in [3.63, 3.8) is 0 Å². The van der Waals surface area contributed by atoms with Gasteiger partial charge >= 0.3 is 0 Å². The summed E-state index contributed by atoms with van der Waals surface area (Å²) in [6.45, 7) is 6.63. The molecular formula is C30H36N6O3. The second kappa shape index (κ2) is 14.6. The van der Waals surface area contributed by atoms with Crippen LogP contribution in [0.1, 0.15) is 23.3 Å². The van der Waals surface area contributed by atoms with Crippen molar-refractivity contribution in [1.82, 2.24) is 20.5 Å². The number of ether oxygens (including phenoxy) is 1. The summed E-state index contributed by atoms with van der Waals surface area (Å²) in [6.07, 6.45) is 3.02. The van der Waals surface area contributed by atoms with Crippen LogP contribution in [0.25, 0.3) is 22.0 Å². The molecule has 9 heteroatoms. The highest BCUT2D eigenvalue weighted by Crippen LogP contribution is 2.35. The number of likely N-dealkylation sites (tertiary alicyclic amines) is 1. The first-order chi connectivity index (χ1) is 18.9. The number of pyridine rings is 1. The van der Waals surface area contributed by atoms with Crippen LogP contribution in [-0.2, 0) is 4.79 Å². The molecule has 4 rings (SSSR count). The monoisotopic (exact) mass is 528 g/mol. The zero-order chi connectivity index (χ0) is 28.2. The maximum absolute atomic E-state index is 11.1. The average molecular weight is 529 g/mol. The van der Waals surface area contributed by atoms with Crippen LogP contribution in [0, 0.1) is 11.3 Å². The third-order valence-corrected chi connectivity index (χ3v) is 6.67. The number of rotatable bonds is 9. The van der Waals surface area contributed by atoms with Gasteiger partial charge in [-0.3, -0.25) is 14.5 Å². The minimum atomic E-state index is 0.114. The number of carbonyl (C=O) groups is 2. The van der Waals surface area contributed by atoms with Crippen molar-refractivity contribution >= 4 is 28.7 Å². The topological polar surface area (TPSA) is 119 Å². The number of fused-ring (bicyclic) bond motifs is 1. The first-order valence-corrected chi connectivity index (χ1v) is 12.9. The van der Waals surface area contributed by atoms with E-state index in [9.17, 15) is 9.59 Å². The number of hydrogen-bond donors (Lipinski definition) is 3. The number of carbonyl (C=O) groups excluding carboxylic acids is 2. The van der Waals surface area contributed by atoms with Crippen molar-refractivity contribution in [2.24, 2.45) is 0 Å². The van der Waals surface area contributed by atoms with E-state index in [4.69, 9.17) is 10.00 Å². The van der Waals surface area contributed by atoms with Gasteiger partial charge in [-0.1, -0.05) is 30.8 Å². The SMILES string of the molecule is C=C(C#N)CNc1c(OC)ccc2ccc(-c3cccc(C=O)n3)cc12.CNC(=O)CN1CCC(NC)CC1. The van der Waals surface area contributed by atoms with E-state index in [0.29, 0.717) is 41.8 Å². The first-order valence-electron chi connectivity index (χ1n) is 12.9. The Balaban J connectivity index is 0.000000272. The number of aromatic nitrogens is 1. The summed E-state index contributed by atoms with van der Waals surface area (Å²) in [5.74, 6) is 0.790. The molecule has 1 fully saturated rings. The summed E-state index contributed by atoms with van der Waals surface area (Å²) < 4.78 is 5.46. The number of benzene rings is 2. The molecule has 0 bridgehead atoms. The number of anilines is 1. The largest absolute Gasteiger partial charge is 0.495 e. The maximum Gasteiger partial charge on any atom is 0.233 e. The zero-order valence-corrected chi connectivity index (χ0v) is 22.8. The number of nitriles is 1. The number of likely N-dealkylation sites (N-methyl/N-ethyl adjacent to an activating group) is 1. The number of aldehydes is 1. The Labute approximate surface area is 229 Å². The lowest BCUT2D eigenvalue weighted by Gasteiger charge is -2.30. The smallest absolute Gasteiger partial charge is 0.233 e. The van der Waals surface area contributed by atoms with Crippen molar-refractivity contribution < 1.29 is 14.3 Å². The van der Waals surface area contributed by atoms with E-state index in [-0.39, 0.29) is 5.91 Å². The maximum atomic E-state index is 11.1. The summed E-state index contributed by atoms with van der Waals surface area (Å²) in [5.41, 5.74) is 3.20. The van der Waals surface area contributed by atoms with Crippen LogP contribution >= 0.6 is 0 Å². The van der Waals surface area contributed by atoms with Crippen LogP contribution in [0.2, 0.25) is 0 Å². The van der Waals surface area contributed by atoms with Crippen molar-refractivity contribution in [2.75, 3.05) is 52.7 Å². The molecule has 2 heterocycles. The molecule has 1 aliphatic rings. The minimum Gasteiger partial charge on any atom is -0.495 e. The molecule has 0 radical (unpaired) electrons. The van der Waals surface area contributed by atoms with Crippen LogP contribution in [-0.4, -0.2) is 75.5 Å². The van der Waals surface area contributed by atoms with Crippen LogP contribution in [0.4, 0.5) is 5.69 Å². The molecule has 1 aliphatic heterocycles. The highest BCUT2D eigenvalue weighted by molar-refractivity contribution is 5.99. The lowest BCUT2D eigenvalue weighted by atomic mass is 10.0. The van der Waals surface area contributed by atoms with Crippen LogP contribution in [0.3, 0.4) is 0 Å². The van der Waals surface area contributed by atoms with Gasteiger partial charge in [0.05, 0.1) is 31.1 Å². The van der Waals surface area contributed by atoms with Gasteiger partial charge in [-0.15, -0.1) is 0 Å². The van der Waals surface area contributed by atoms with E-state index >= 15 is 0 Å². The van der Waals surface area contributed by atoms with Gasteiger partial charge in [0.1, 0.15) is 11.4 Å². The molecule has 0 saturated carbocycles. The molecule has 0 spiro atoms. The fourth-order valence-electron chi connectivity index (χ4n) is 4.39. The summed E-state index contributed by atoms with van der Waals surface area (Å²) in [6, 6.07) is 17.8. The first kappa shape index (κ1) is 29.3. The Morgan fingerprint density at radius 3 is 2.59 bits per heavy atom. The fourth-order valence-corrected chi connectivity index (χ4v) is 4.39. The van der Waals surface area contributed by atoms with Gasteiger partial charge in [0.25, 0.3) is 0 Å². The fraction of sp³-hybridized carbons (Fsp3) is 0.333. The number of nitrogens with one attached hydrogen (secondary N) is 3. The van der Waals surface area contributed by atoms with E-state index in [1.807, 2.05) is 49.5 Å². The summed E-state index contributed by atoms with van der Waals surface area (Å²) >= 11 is 0. The lowest BCUT2D eigenvalue weighted by Crippen LogP contribution is -2.44. The highest BCUT2D eigenvalue weighted by Gasteiger charge is 2.18. The van der Waals surface area contributed by atoms with E-state index < -0.39 is 0 Å². The molecule has 1 saturated heterocycles. The molecule has 3 aromatic rings. The van der Waals surface area contributed by atoms with Crippen molar-refractivity contribution in [3.8, 4) is 23.1 Å². The Kier molecular flexibility index (Phi) is 11.0. The second-order valence-corrected chi connectivity index (χ2v) is 9.23. The van der Waals surface area contributed by atoms with E-state index in [1.54, 1.807) is 26.3 Å². The third kappa shape index (κ3) is 8.11. The Morgan fingerprint density at radius 1 is 1.21 bits per heavy atom. The highest BCUT2D eigenvalue weighted by atomic mass is 16.5. The van der Waals surface area contributed by atoms with E-state index in [0.717, 1.165) is 54.2 Å². The Hall–Kier alpha value is -4.26. The summed E-state index contributed by atoms with van der Waals surface area (Å²) in [5, 5.41) is 20.0. The minimum absolute atomic E-state index is 0.114. The Bertz CT molecular complexity index is 1340. The molecule has 2 aromatic carbocycles. The van der Waals surface area contributed by atoms with Gasteiger partial charge in [-0.25, -0.2) is 4.98 Å². The van der Waals surface area contributed by atoms with Gasteiger partial charge in [-0.2, -0.15) is 5.26 Å². The second-order valence-electron chi connectivity index (χ2n) is 9.23. The zero-order valence-electron chi connectivity index (χ0n) is 22.8. The quantitative estimate of drug-likeness (QED) is 0.285. The number of nitrogens with zero attached hydrogens (tertiary/aromatic N) is 3. The predicted molar refractivity (Wildman–Crippen MR) is 155 cm³/mol. The summed E-state index contributed by atoms with van der Waals surface area (Å²) in [7, 11) is 5.28. The van der Waals surface area contributed by atoms with Gasteiger partial charge in [0, 0.05) is 49.2 Å². The van der Waals surface area contributed by atoms with Crippen LogP contribution in [0.15, 0.2) is 60.7 Å². The van der Waals surface area contributed by atoms with Crippen molar-refractivity contribution in [1.29, 1.82) is 5.26 Å². The predicted octanol–water partition coefficient (Wildman–Crippen LogP) is 3.63.